The summed E-state index contributed by atoms with van der Waals surface area (Å²) in [6, 6.07) is 11.3. The number of ether oxygens (including phenoxy) is 1. The van der Waals surface area contributed by atoms with Gasteiger partial charge in [0.15, 0.2) is 0 Å². The summed E-state index contributed by atoms with van der Waals surface area (Å²) < 4.78 is 33.8. The molecule has 0 aromatic heterocycles. The Morgan fingerprint density at radius 1 is 1.21 bits per heavy atom. The number of hydrogen-bond donors (Lipinski definition) is 1. The predicted molar refractivity (Wildman–Crippen MR) is 110 cm³/mol. The minimum absolute atomic E-state index is 0.0499. The second-order valence-electron chi connectivity index (χ2n) is 7.09. The van der Waals surface area contributed by atoms with Crippen LogP contribution in [0.4, 0.5) is 5.69 Å². The first-order valence-electron chi connectivity index (χ1n) is 9.44. The second-order valence-corrected chi connectivity index (χ2v) is 8.83. The molecule has 156 valence electrons. The Morgan fingerprint density at radius 2 is 1.93 bits per heavy atom. The van der Waals surface area contributed by atoms with E-state index >= 15 is 0 Å². The van der Waals surface area contributed by atoms with Crippen LogP contribution in [0.3, 0.4) is 0 Å². The van der Waals surface area contributed by atoms with Gasteiger partial charge in [0.05, 0.1) is 16.9 Å². The van der Waals surface area contributed by atoms with Crippen molar-refractivity contribution < 1.29 is 18.1 Å². The van der Waals surface area contributed by atoms with Crippen LogP contribution in [-0.4, -0.2) is 45.0 Å². The molecular formula is C20H25N3O5S. The van der Waals surface area contributed by atoms with Gasteiger partial charge in [-0.2, -0.15) is 0 Å². The van der Waals surface area contributed by atoms with Gasteiger partial charge in [0, 0.05) is 24.7 Å². The van der Waals surface area contributed by atoms with Crippen LogP contribution in [0.1, 0.15) is 30.0 Å². The number of benzene rings is 2. The van der Waals surface area contributed by atoms with Gasteiger partial charge in [-0.15, -0.1) is 0 Å². The maximum Gasteiger partial charge on any atom is 0.269 e. The third kappa shape index (κ3) is 4.92. The van der Waals surface area contributed by atoms with Crippen LogP contribution in [0.2, 0.25) is 0 Å². The van der Waals surface area contributed by atoms with Gasteiger partial charge in [0.25, 0.3) is 5.69 Å². The van der Waals surface area contributed by atoms with Crippen molar-refractivity contribution in [3.8, 4) is 5.75 Å². The van der Waals surface area contributed by atoms with Gasteiger partial charge in [-0.05, 0) is 62.2 Å². The highest BCUT2D eigenvalue weighted by atomic mass is 32.2. The number of nitro groups is 1. The van der Waals surface area contributed by atoms with Gasteiger partial charge in [-0.1, -0.05) is 12.1 Å². The highest BCUT2D eigenvalue weighted by molar-refractivity contribution is 7.89. The van der Waals surface area contributed by atoms with Crippen molar-refractivity contribution in [2.45, 2.75) is 30.7 Å². The van der Waals surface area contributed by atoms with Crippen molar-refractivity contribution in [1.82, 2.24) is 9.62 Å². The summed E-state index contributed by atoms with van der Waals surface area (Å²) in [6.07, 6.45) is 2.16. The van der Waals surface area contributed by atoms with E-state index in [9.17, 15) is 18.5 Å². The molecule has 8 nitrogen and oxygen atoms in total. The molecule has 0 saturated carbocycles. The number of non-ortho nitro benzene ring substituents is 1. The maximum absolute atomic E-state index is 12.9. The normalized spacial score (nSPS) is 15.9. The van der Waals surface area contributed by atoms with Gasteiger partial charge in [0.2, 0.25) is 10.0 Å². The van der Waals surface area contributed by atoms with Crippen LogP contribution in [0.5, 0.6) is 5.75 Å². The molecule has 0 spiro atoms. The Balaban J connectivity index is 1.83. The van der Waals surface area contributed by atoms with E-state index in [0.717, 1.165) is 37.2 Å². The lowest BCUT2D eigenvalue weighted by Crippen LogP contribution is -2.37. The summed E-state index contributed by atoms with van der Waals surface area (Å²) in [4.78, 5) is 12.7. The lowest BCUT2D eigenvalue weighted by atomic mass is 10.1. The molecule has 1 heterocycles. The molecule has 1 aliphatic rings. The summed E-state index contributed by atoms with van der Waals surface area (Å²) in [5.74, 6) is 0.723. The molecule has 1 saturated heterocycles. The monoisotopic (exact) mass is 419 g/mol. The van der Waals surface area contributed by atoms with Gasteiger partial charge < -0.3 is 4.74 Å². The molecule has 1 N–H and O–H groups in total. The van der Waals surface area contributed by atoms with Gasteiger partial charge in [-0.3, -0.25) is 15.0 Å². The van der Waals surface area contributed by atoms with Crippen LogP contribution in [0, 0.1) is 17.0 Å². The van der Waals surface area contributed by atoms with Crippen molar-refractivity contribution in [1.29, 1.82) is 0 Å². The van der Waals surface area contributed by atoms with Crippen LogP contribution in [0.25, 0.3) is 0 Å². The Bertz CT molecular complexity index is 987. The van der Waals surface area contributed by atoms with Crippen molar-refractivity contribution >= 4 is 15.7 Å². The molecule has 1 atom stereocenters. The van der Waals surface area contributed by atoms with E-state index in [1.807, 2.05) is 24.3 Å². The van der Waals surface area contributed by atoms with Crippen LogP contribution in [0.15, 0.2) is 47.4 Å². The molecular weight excluding hydrogens is 394 g/mol. The fraction of sp³-hybridized carbons (Fsp3) is 0.400. The topological polar surface area (TPSA) is 102 Å². The lowest BCUT2D eigenvalue weighted by Gasteiger charge is -2.28. The van der Waals surface area contributed by atoms with E-state index in [0.29, 0.717) is 5.56 Å². The van der Waals surface area contributed by atoms with Crippen molar-refractivity contribution in [3.05, 3.63) is 63.7 Å². The summed E-state index contributed by atoms with van der Waals surface area (Å²) in [7, 11) is -2.21. The Hall–Kier alpha value is -2.49. The van der Waals surface area contributed by atoms with E-state index in [1.54, 1.807) is 14.0 Å². The molecule has 3 rings (SSSR count). The number of rotatable bonds is 8. The standard InChI is InChI=1S/C20H25N3O5S/c1-15-12-17(23(24)25)8-9-20(15)29(26,27)21-14-19(22-10-3-4-11-22)16-6-5-7-18(13-16)28-2/h5-9,12-13,19,21H,3-4,10-11,14H2,1-2H3. The summed E-state index contributed by atoms with van der Waals surface area (Å²) in [5, 5.41) is 10.9. The number of aryl methyl sites for hydroxylation is 1. The second kappa shape index (κ2) is 8.89. The van der Waals surface area contributed by atoms with E-state index in [-0.39, 0.29) is 23.2 Å². The average Bonchev–Trinajstić information content (AvgIpc) is 3.22. The highest BCUT2D eigenvalue weighted by Crippen LogP contribution is 2.28. The lowest BCUT2D eigenvalue weighted by molar-refractivity contribution is -0.385. The number of sulfonamides is 1. The molecule has 9 heteroatoms. The molecule has 0 radical (unpaired) electrons. The van der Waals surface area contributed by atoms with E-state index < -0.39 is 14.9 Å². The third-order valence-electron chi connectivity index (χ3n) is 5.19. The fourth-order valence-corrected chi connectivity index (χ4v) is 4.94. The fourth-order valence-electron chi connectivity index (χ4n) is 3.67. The highest BCUT2D eigenvalue weighted by Gasteiger charge is 2.27. The maximum atomic E-state index is 12.9. The summed E-state index contributed by atoms with van der Waals surface area (Å²) >= 11 is 0. The number of likely N-dealkylation sites (tertiary alicyclic amines) is 1. The quantitative estimate of drug-likeness (QED) is 0.521. The number of hydrogen-bond acceptors (Lipinski definition) is 6. The third-order valence-corrected chi connectivity index (χ3v) is 6.77. The summed E-state index contributed by atoms with van der Waals surface area (Å²) in [6.45, 7) is 3.56. The number of nitrogens with one attached hydrogen (secondary N) is 1. The molecule has 2 aromatic rings. The molecule has 1 aliphatic heterocycles. The van der Waals surface area contributed by atoms with E-state index in [1.165, 1.54) is 18.2 Å². The Labute approximate surface area is 170 Å². The average molecular weight is 420 g/mol. The first-order valence-corrected chi connectivity index (χ1v) is 10.9. The zero-order valence-corrected chi connectivity index (χ0v) is 17.3. The number of nitrogens with zero attached hydrogens (tertiary/aromatic N) is 2. The largest absolute Gasteiger partial charge is 0.497 e. The molecule has 0 aliphatic carbocycles. The predicted octanol–water partition coefficient (Wildman–Crippen LogP) is 3.03. The zero-order chi connectivity index (χ0) is 21.0. The van der Waals surface area contributed by atoms with Crippen molar-refractivity contribution in [3.63, 3.8) is 0 Å². The van der Waals surface area contributed by atoms with E-state index in [2.05, 4.69) is 9.62 Å². The number of nitro benzene ring substituents is 1. The molecule has 1 unspecified atom stereocenters. The first kappa shape index (κ1) is 21.2. The summed E-state index contributed by atoms with van der Waals surface area (Å²) in [5.41, 5.74) is 1.19. The first-order chi connectivity index (χ1) is 13.8. The van der Waals surface area contributed by atoms with Crippen LogP contribution >= 0.6 is 0 Å². The molecule has 0 amide bonds. The van der Waals surface area contributed by atoms with Crippen LogP contribution in [-0.2, 0) is 10.0 Å². The van der Waals surface area contributed by atoms with Gasteiger partial charge in [0.1, 0.15) is 5.75 Å². The minimum atomic E-state index is -3.81. The van der Waals surface area contributed by atoms with Crippen LogP contribution < -0.4 is 9.46 Å². The van der Waals surface area contributed by atoms with Crippen molar-refractivity contribution in [2.24, 2.45) is 0 Å². The van der Waals surface area contributed by atoms with Gasteiger partial charge >= 0.3 is 0 Å². The smallest absolute Gasteiger partial charge is 0.269 e. The zero-order valence-electron chi connectivity index (χ0n) is 16.5. The van der Waals surface area contributed by atoms with Crippen molar-refractivity contribution in [2.75, 3.05) is 26.7 Å². The SMILES string of the molecule is COc1cccc(C(CNS(=O)(=O)c2ccc([N+](=O)[O-])cc2C)N2CCCC2)c1. The number of methoxy groups -OCH3 is 1. The molecule has 2 aromatic carbocycles. The van der Waals surface area contributed by atoms with E-state index in [4.69, 9.17) is 4.74 Å². The molecule has 0 bridgehead atoms. The Kier molecular flexibility index (Phi) is 6.51. The minimum Gasteiger partial charge on any atom is -0.497 e. The molecule has 29 heavy (non-hydrogen) atoms. The van der Waals surface area contributed by atoms with Gasteiger partial charge in [-0.25, -0.2) is 13.1 Å². The Morgan fingerprint density at radius 3 is 2.55 bits per heavy atom. The molecule has 1 fully saturated rings.